The monoisotopic (exact) mass is 370 g/mol. The number of aliphatic carboxylic acids is 1. The van der Waals surface area contributed by atoms with Crippen molar-refractivity contribution in [3.05, 3.63) is 23.8 Å². The molecule has 1 aromatic carbocycles. The van der Waals surface area contributed by atoms with Crippen molar-refractivity contribution in [2.24, 2.45) is 11.7 Å². The van der Waals surface area contributed by atoms with E-state index in [-0.39, 0.29) is 37.7 Å². The van der Waals surface area contributed by atoms with E-state index in [1.165, 1.54) is 0 Å². The predicted molar refractivity (Wildman–Crippen MR) is 93.0 cm³/mol. The molecule has 2 heterocycles. The molecule has 2 atom stereocenters. The van der Waals surface area contributed by atoms with Gasteiger partial charge >= 0.3 is 5.97 Å². The molecule has 1 fully saturated rings. The van der Waals surface area contributed by atoms with E-state index in [4.69, 9.17) is 15.2 Å². The Morgan fingerprint density at radius 3 is 2.72 bits per heavy atom. The minimum atomic E-state index is -0.863. The van der Waals surface area contributed by atoms with Gasteiger partial charge in [0.25, 0.3) is 0 Å². The minimum Gasteiger partial charge on any atom is -0.481 e. The van der Waals surface area contributed by atoms with Crippen LogP contribution in [0.2, 0.25) is 0 Å². The number of carbonyl (C=O) groups is 2. The highest BCUT2D eigenvalue weighted by Gasteiger charge is 2.29. The van der Waals surface area contributed by atoms with E-state index in [9.17, 15) is 14.7 Å². The fraction of sp³-hybridized carbons (Fsp3) is 0.529. The number of hydrogen-bond acceptors (Lipinski definition) is 5. The van der Waals surface area contributed by atoms with Gasteiger partial charge < -0.3 is 25.2 Å². The third-order valence-electron chi connectivity index (χ3n) is 4.55. The number of nitrogens with zero attached hydrogens (tertiary/aromatic N) is 1. The Morgan fingerprint density at radius 1 is 1.20 bits per heavy atom. The zero-order chi connectivity index (χ0) is 17.1. The van der Waals surface area contributed by atoms with E-state index in [2.05, 4.69) is 0 Å². The van der Waals surface area contributed by atoms with Gasteiger partial charge in [-0.25, -0.2) is 0 Å². The van der Waals surface area contributed by atoms with Gasteiger partial charge in [-0.15, -0.1) is 12.4 Å². The van der Waals surface area contributed by atoms with E-state index in [1.807, 2.05) is 18.2 Å². The molecule has 138 valence electrons. The third-order valence-corrected chi connectivity index (χ3v) is 4.55. The van der Waals surface area contributed by atoms with E-state index >= 15 is 0 Å². The molecular formula is C17H23ClN2O5. The van der Waals surface area contributed by atoms with Gasteiger partial charge in [0.1, 0.15) is 0 Å². The first kappa shape index (κ1) is 19.3. The summed E-state index contributed by atoms with van der Waals surface area (Å²) in [7, 11) is 0. The number of carboxylic acids is 1. The zero-order valence-corrected chi connectivity index (χ0v) is 14.7. The molecule has 1 aromatic rings. The number of amides is 1. The number of rotatable bonds is 4. The van der Waals surface area contributed by atoms with Gasteiger partial charge in [0, 0.05) is 25.6 Å². The van der Waals surface area contributed by atoms with Gasteiger partial charge in [-0.05, 0) is 37.0 Å². The maximum atomic E-state index is 12.5. The molecule has 7 nitrogen and oxygen atoms in total. The van der Waals surface area contributed by atoms with Gasteiger partial charge in [-0.1, -0.05) is 6.07 Å². The Kier molecular flexibility index (Phi) is 6.50. The summed E-state index contributed by atoms with van der Waals surface area (Å²) in [6.07, 6.45) is 2.03. The van der Waals surface area contributed by atoms with Crippen LogP contribution in [0.3, 0.4) is 0 Å². The first-order valence-corrected chi connectivity index (χ1v) is 8.17. The Bertz CT molecular complexity index is 639. The summed E-state index contributed by atoms with van der Waals surface area (Å²) in [4.78, 5) is 25.4. The Hall–Kier alpha value is -1.99. The molecule has 3 N–H and O–H groups in total. The largest absolute Gasteiger partial charge is 0.481 e. The number of likely N-dealkylation sites (tertiary alicyclic amines) is 1. The lowest BCUT2D eigenvalue weighted by atomic mass is 10.0. The number of hydrogen-bond donors (Lipinski definition) is 2. The Labute approximate surface area is 152 Å². The van der Waals surface area contributed by atoms with Crippen LogP contribution in [-0.4, -0.2) is 47.8 Å². The van der Waals surface area contributed by atoms with Crippen LogP contribution in [-0.2, 0) is 16.0 Å². The molecule has 2 aliphatic heterocycles. The third kappa shape index (κ3) is 4.76. The summed E-state index contributed by atoms with van der Waals surface area (Å²) in [6, 6.07) is 5.47. The summed E-state index contributed by atoms with van der Waals surface area (Å²) in [5, 5.41) is 9.24. The summed E-state index contributed by atoms with van der Waals surface area (Å²) in [5.41, 5.74) is 6.96. The normalized spacial score (nSPS) is 22.0. The summed E-state index contributed by atoms with van der Waals surface area (Å²) < 4.78 is 10.6. The number of nitrogens with two attached hydrogens (primary N) is 1. The van der Waals surface area contributed by atoms with Gasteiger partial charge in [-0.3, -0.25) is 9.59 Å². The van der Waals surface area contributed by atoms with Crippen LogP contribution in [0.15, 0.2) is 18.2 Å². The minimum absolute atomic E-state index is 0. The maximum absolute atomic E-state index is 12.5. The highest BCUT2D eigenvalue weighted by atomic mass is 35.5. The van der Waals surface area contributed by atoms with Crippen molar-refractivity contribution in [2.45, 2.75) is 31.7 Å². The molecule has 8 heteroatoms. The van der Waals surface area contributed by atoms with E-state index < -0.39 is 11.9 Å². The molecule has 0 bridgehead atoms. The average Bonchev–Trinajstić information content (AvgIpc) is 2.93. The summed E-state index contributed by atoms with van der Waals surface area (Å²) >= 11 is 0. The van der Waals surface area contributed by atoms with Gasteiger partial charge in [-0.2, -0.15) is 0 Å². The summed E-state index contributed by atoms with van der Waals surface area (Å²) in [5.74, 6) is -0.0439. The molecule has 0 unspecified atom stereocenters. The zero-order valence-electron chi connectivity index (χ0n) is 13.8. The molecule has 1 amide bonds. The first-order chi connectivity index (χ1) is 11.5. The first-order valence-electron chi connectivity index (χ1n) is 8.17. The number of aryl methyl sites for hydroxylation is 1. The van der Waals surface area contributed by atoms with Crippen molar-refractivity contribution in [1.29, 1.82) is 0 Å². The molecule has 0 spiro atoms. The number of carbonyl (C=O) groups excluding carboxylic acids is 1. The number of halogens is 1. The molecule has 0 radical (unpaired) electrons. The number of fused-ring (bicyclic) bond motifs is 1. The fourth-order valence-electron chi connectivity index (χ4n) is 3.13. The number of ether oxygens (including phenoxy) is 2. The second-order valence-corrected chi connectivity index (χ2v) is 6.36. The smallest absolute Gasteiger partial charge is 0.308 e. The molecule has 25 heavy (non-hydrogen) atoms. The molecular weight excluding hydrogens is 348 g/mol. The fourth-order valence-corrected chi connectivity index (χ4v) is 3.13. The van der Waals surface area contributed by atoms with E-state index in [0.29, 0.717) is 43.7 Å². The predicted octanol–water partition coefficient (Wildman–Crippen LogP) is 1.42. The Morgan fingerprint density at radius 2 is 1.96 bits per heavy atom. The van der Waals surface area contributed by atoms with Crippen LogP contribution in [0, 0.1) is 5.92 Å². The van der Waals surface area contributed by atoms with E-state index in [1.54, 1.807) is 4.90 Å². The second-order valence-electron chi connectivity index (χ2n) is 6.36. The van der Waals surface area contributed by atoms with Crippen molar-refractivity contribution in [3.63, 3.8) is 0 Å². The maximum Gasteiger partial charge on any atom is 0.308 e. The number of benzene rings is 1. The van der Waals surface area contributed by atoms with Gasteiger partial charge in [0.2, 0.25) is 12.7 Å². The van der Waals surface area contributed by atoms with Crippen molar-refractivity contribution >= 4 is 24.3 Å². The van der Waals surface area contributed by atoms with Crippen molar-refractivity contribution < 1.29 is 24.2 Å². The quantitative estimate of drug-likeness (QED) is 0.831. The highest BCUT2D eigenvalue weighted by Crippen LogP contribution is 2.32. The van der Waals surface area contributed by atoms with Crippen molar-refractivity contribution in [1.82, 2.24) is 4.90 Å². The van der Waals surface area contributed by atoms with Crippen LogP contribution in [0.25, 0.3) is 0 Å². The summed E-state index contributed by atoms with van der Waals surface area (Å²) in [6.45, 7) is 0.882. The molecule has 3 rings (SSSR count). The van der Waals surface area contributed by atoms with Crippen molar-refractivity contribution in [2.75, 3.05) is 19.9 Å². The second kappa shape index (κ2) is 8.40. The lowest BCUT2D eigenvalue weighted by Crippen LogP contribution is -2.41. The SMILES string of the molecule is Cl.N[C@@H]1CC[C@H](C(=O)O)CN(C(=O)CCc2ccc3c(c2)OCO3)C1. The van der Waals surface area contributed by atoms with Crippen LogP contribution in [0.4, 0.5) is 0 Å². The van der Waals surface area contributed by atoms with Gasteiger partial charge in [0.15, 0.2) is 11.5 Å². The molecule has 2 aliphatic rings. The van der Waals surface area contributed by atoms with Crippen LogP contribution in [0.5, 0.6) is 11.5 Å². The average molecular weight is 371 g/mol. The topological polar surface area (TPSA) is 102 Å². The molecule has 0 saturated carbocycles. The van der Waals surface area contributed by atoms with Gasteiger partial charge in [0.05, 0.1) is 5.92 Å². The molecule has 0 aliphatic carbocycles. The van der Waals surface area contributed by atoms with Crippen LogP contribution < -0.4 is 15.2 Å². The standard InChI is InChI=1S/C17H22N2O5.ClH/c18-13-4-3-12(17(21)22)8-19(9-13)16(20)6-2-11-1-5-14-15(7-11)24-10-23-14;/h1,5,7,12-13H,2-4,6,8-10,18H2,(H,21,22);1H/t12-,13+;/m0./s1. The van der Waals surface area contributed by atoms with Crippen molar-refractivity contribution in [3.8, 4) is 11.5 Å². The molecule has 1 saturated heterocycles. The number of carboxylic acid groups (broad SMARTS) is 1. The lowest BCUT2D eigenvalue weighted by molar-refractivity contribution is -0.143. The van der Waals surface area contributed by atoms with Crippen LogP contribution in [0.1, 0.15) is 24.8 Å². The highest BCUT2D eigenvalue weighted by molar-refractivity contribution is 5.85. The Balaban J connectivity index is 0.00000225. The van der Waals surface area contributed by atoms with E-state index in [0.717, 1.165) is 5.56 Å². The van der Waals surface area contributed by atoms with Crippen LogP contribution >= 0.6 is 12.4 Å². The lowest BCUT2D eigenvalue weighted by Gasteiger charge is -2.24. The molecule has 0 aromatic heterocycles.